The zero-order valence-electron chi connectivity index (χ0n) is 5.63. The molecule has 0 amide bonds. The van der Waals surface area contributed by atoms with Crippen LogP contribution >= 0.6 is 0 Å². The Labute approximate surface area is 54.3 Å². The normalized spacial score (nSPS) is 16.8. The molecule has 0 fully saturated rings. The fourth-order valence-corrected chi connectivity index (χ4v) is 0.456. The zero-order chi connectivity index (χ0) is 7.44. The van der Waals surface area contributed by atoms with Gasteiger partial charge < -0.3 is 15.0 Å². The third kappa shape index (κ3) is 2.46. The molecule has 0 aliphatic rings. The van der Waals surface area contributed by atoms with Gasteiger partial charge in [0.15, 0.2) is 0 Å². The van der Waals surface area contributed by atoms with Crippen LogP contribution in [0.3, 0.4) is 0 Å². The Bertz CT molecular complexity index is 100. The molecule has 0 radical (unpaired) electrons. The van der Waals surface area contributed by atoms with Gasteiger partial charge in [-0.2, -0.15) is 0 Å². The molecule has 0 rings (SSSR count). The lowest BCUT2D eigenvalue weighted by atomic mass is 10.0. The second kappa shape index (κ2) is 3.45. The lowest BCUT2D eigenvalue weighted by molar-refractivity contribution is -0.317. The van der Waals surface area contributed by atoms with E-state index in [2.05, 4.69) is 0 Å². The van der Waals surface area contributed by atoms with Crippen molar-refractivity contribution in [3.8, 4) is 0 Å². The first-order valence-electron chi connectivity index (χ1n) is 2.98. The van der Waals surface area contributed by atoms with Gasteiger partial charge in [-0.15, -0.1) is 0 Å². The number of aliphatic carboxylic acids is 1. The number of carboxylic acid groups (broad SMARTS) is 1. The van der Waals surface area contributed by atoms with Crippen molar-refractivity contribution in [2.24, 2.45) is 5.92 Å². The minimum atomic E-state index is -1.38. The highest BCUT2D eigenvalue weighted by atomic mass is 16.4. The van der Waals surface area contributed by atoms with Gasteiger partial charge in [0.1, 0.15) is 0 Å². The molecular formula is C6H11O3-. The number of aliphatic hydroxyl groups excluding tert-OH is 1. The zero-order valence-corrected chi connectivity index (χ0v) is 5.63. The van der Waals surface area contributed by atoms with Crippen molar-refractivity contribution in [2.75, 3.05) is 0 Å². The van der Waals surface area contributed by atoms with E-state index < -0.39 is 12.1 Å². The van der Waals surface area contributed by atoms with Crippen molar-refractivity contribution < 1.29 is 15.0 Å². The van der Waals surface area contributed by atoms with Gasteiger partial charge in [-0.3, -0.25) is 0 Å². The maximum Gasteiger partial charge on any atom is 0.0958 e. The molecule has 2 atom stereocenters. The topological polar surface area (TPSA) is 60.4 Å². The molecule has 0 spiro atoms. The second-order valence-electron chi connectivity index (χ2n) is 2.15. The van der Waals surface area contributed by atoms with E-state index in [9.17, 15) is 9.90 Å². The molecule has 54 valence electrons. The van der Waals surface area contributed by atoms with Crippen LogP contribution in [-0.2, 0) is 4.79 Å². The Morgan fingerprint density at radius 3 is 2.33 bits per heavy atom. The summed E-state index contributed by atoms with van der Waals surface area (Å²) in [5.74, 6) is -1.60. The van der Waals surface area contributed by atoms with Gasteiger partial charge in [0, 0.05) is 0 Å². The number of carbonyl (C=O) groups is 1. The van der Waals surface area contributed by atoms with Gasteiger partial charge in [-0.1, -0.05) is 20.3 Å². The van der Waals surface area contributed by atoms with Crippen molar-refractivity contribution in [1.82, 2.24) is 0 Å². The molecule has 0 aromatic carbocycles. The largest absolute Gasteiger partial charge is 0.547 e. The van der Waals surface area contributed by atoms with E-state index in [0.29, 0.717) is 6.42 Å². The van der Waals surface area contributed by atoms with Gasteiger partial charge in [0.2, 0.25) is 0 Å². The molecule has 3 heteroatoms. The summed E-state index contributed by atoms with van der Waals surface area (Å²) >= 11 is 0. The van der Waals surface area contributed by atoms with Crippen LogP contribution in [-0.4, -0.2) is 17.2 Å². The number of carboxylic acids is 1. The Morgan fingerprint density at radius 1 is 1.78 bits per heavy atom. The fourth-order valence-electron chi connectivity index (χ4n) is 0.456. The van der Waals surface area contributed by atoms with Crippen LogP contribution in [0.25, 0.3) is 0 Å². The highest BCUT2D eigenvalue weighted by Gasteiger charge is 2.11. The van der Waals surface area contributed by atoms with Gasteiger partial charge in [0.05, 0.1) is 12.1 Å². The van der Waals surface area contributed by atoms with Gasteiger partial charge >= 0.3 is 0 Å². The van der Waals surface area contributed by atoms with Crippen LogP contribution in [0.5, 0.6) is 0 Å². The van der Waals surface area contributed by atoms with Crippen LogP contribution in [0.1, 0.15) is 20.3 Å². The van der Waals surface area contributed by atoms with E-state index in [1.54, 1.807) is 6.92 Å². The first-order chi connectivity index (χ1) is 4.09. The molecule has 0 heterocycles. The lowest BCUT2D eigenvalue weighted by Gasteiger charge is -2.16. The van der Waals surface area contributed by atoms with Gasteiger partial charge in [-0.05, 0) is 5.92 Å². The van der Waals surface area contributed by atoms with Crippen molar-refractivity contribution >= 4 is 5.97 Å². The van der Waals surface area contributed by atoms with Crippen LogP contribution in [0, 0.1) is 5.92 Å². The molecular weight excluding hydrogens is 120 g/mol. The molecule has 1 N–H and O–H groups in total. The van der Waals surface area contributed by atoms with Crippen molar-refractivity contribution in [2.45, 2.75) is 26.4 Å². The lowest BCUT2D eigenvalue weighted by Crippen LogP contribution is -2.39. The van der Waals surface area contributed by atoms with Gasteiger partial charge in [-0.25, -0.2) is 0 Å². The third-order valence-corrected chi connectivity index (χ3v) is 1.42. The summed E-state index contributed by atoms with van der Waals surface area (Å²) in [6.07, 6.45) is -0.662. The summed E-state index contributed by atoms with van der Waals surface area (Å²) < 4.78 is 0. The third-order valence-electron chi connectivity index (χ3n) is 1.42. The van der Waals surface area contributed by atoms with Crippen LogP contribution in [0.4, 0.5) is 0 Å². The van der Waals surface area contributed by atoms with Crippen LogP contribution in [0.2, 0.25) is 0 Å². The van der Waals surface area contributed by atoms with Crippen LogP contribution in [0.15, 0.2) is 0 Å². The minimum absolute atomic E-state index is 0.213. The molecule has 3 nitrogen and oxygen atoms in total. The summed E-state index contributed by atoms with van der Waals surface area (Å²) in [6, 6.07) is 0. The molecule has 0 saturated heterocycles. The smallest absolute Gasteiger partial charge is 0.0958 e. The monoisotopic (exact) mass is 131 g/mol. The fraction of sp³-hybridized carbons (Fsp3) is 0.833. The molecule has 9 heavy (non-hydrogen) atoms. The van der Waals surface area contributed by atoms with Gasteiger partial charge in [0.25, 0.3) is 0 Å². The maximum absolute atomic E-state index is 9.94. The van der Waals surface area contributed by atoms with Crippen molar-refractivity contribution in [1.29, 1.82) is 0 Å². The Morgan fingerprint density at radius 2 is 2.22 bits per heavy atom. The number of hydrogen-bond acceptors (Lipinski definition) is 3. The van der Waals surface area contributed by atoms with E-state index in [1.807, 2.05) is 6.92 Å². The average Bonchev–Trinajstić information content (AvgIpc) is 1.84. The van der Waals surface area contributed by atoms with E-state index in [1.165, 1.54) is 0 Å². The minimum Gasteiger partial charge on any atom is -0.547 e. The number of carbonyl (C=O) groups excluding carboxylic acids is 1. The Hall–Kier alpha value is -0.570. The average molecular weight is 131 g/mol. The van der Waals surface area contributed by atoms with E-state index in [4.69, 9.17) is 5.11 Å². The summed E-state index contributed by atoms with van der Waals surface area (Å²) in [6.45, 7) is 3.48. The summed E-state index contributed by atoms with van der Waals surface area (Å²) in [7, 11) is 0. The van der Waals surface area contributed by atoms with E-state index >= 15 is 0 Å². The number of hydrogen-bond donors (Lipinski definition) is 1. The predicted molar refractivity (Wildman–Crippen MR) is 30.5 cm³/mol. The molecule has 0 aliphatic carbocycles. The number of aliphatic hydroxyl groups is 1. The highest BCUT2D eigenvalue weighted by molar-refractivity contribution is 5.69. The van der Waals surface area contributed by atoms with Crippen LogP contribution < -0.4 is 5.11 Å². The van der Waals surface area contributed by atoms with E-state index in [0.717, 1.165) is 0 Å². The standard InChI is InChI=1S/C6H12O3/c1-3-4(2)5(7)6(8)9/h4-5,7H,3H2,1-2H3,(H,8,9)/p-1. The maximum atomic E-state index is 9.94. The Kier molecular flexibility index (Phi) is 3.24. The predicted octanol–water partition coefficient (Wildman–Crippen LogP) is -0.857. The first-order valence-corrected chi connectivity index (χ1v) is 2.98. The number of rotatable bonds is 3. The summed E-state index contributed by atoms with van der Waals surface area (Å²) in [4.78, 5) is 9.94. The van der Waals surface area contributed by atoms with E-state index in [-0.39, 0.29) is 5.92 Å². The molecule has 2 unspecified atom stereocenters. The summed E-state index contributed by atoms with van der Waals surface area (Å²) in [5.41, 5.74) is 0. The molecule has 0 bridgehead atoms. The van der Waals surface area contributed by atoms with Crippen molar-refractivity contribution in [3.05, 3.63) is 0 Å². The quantitative estimate of drug-likeness (QED) is 0.542. The molecule has 0 saturated carbocycles. The SMILES string of the molecule is CCC(C)C(O)C(=O)[O-]. The first kappa shape index (κ1) is 8.43. The molecule has 0 aliphatic heterocycles. The van der Waals surface area contributed by atoms with Crippen molar-refractivity contribution in [3.63, 3.8) is 0 Å². The molecule has 0 aromatic heterocycles. The molecule has 0 aromatic rings. The highest BCUT2D eigenvalue weighted by Crippen LogP contribution is 2.05. The summed E-state index contributed by atoms with van der Waals surface area (Å²) in [5, 5.41) is 18.7. The Balaban J connectivity index is 3.72. The second-order valence-corrected chi connectivity index (χ2v) is 2.15.